The molecule has 1 rings (SSSR count). The summed E-state index contributed by atoms with van der Waals surface area (Å²) in [5.41, 5.74) is 0. The van der Waals surface area contributed by atoms with Crippen LogP contribution < -0.4 is 10.0 Å². The number of hydrogen-bond acceptors (Lipinski definition) is 3. The highest BCUT2D eigenvalue weighted by atomic mass is 32.2. The van der Waals surface area contributed by atoms with Crippen molar-refractivity contribution in [1.82, 2.24) is 10.0 Å². The summed E-state index contributed by atoms with van der Waals surface area (Å²) in [4.78, 5) is 0. The second-order valence-corrected chi connectivity index (χ2v) is 8.21. The third kappa shape index (κ3) is 6.55. The largest absolute Gasteiger partial charge is 0.317 e. The Labute approximate surface area is 125 Å². The third-order valence-corrected chi connectivity index (χ3v) is 5.69. The molecule has 0 heterocycles. The van der Waals surface area contributed by atoms with E-state index in [0.29, 0.717) is 18.3 Å². The molecule has 2 N–H and O–H groups in total. The van der Waals surface area contributed by atoms with Gasteiger partial charge in [-0.1, -0.05) is 33.6 Å². The smallest absolute Gasteiger partial charge is 0.211 e. The number of sulfonamides is 1. The maximum Gasteiger partial charge on any atom is 0.211 e. The van der Waals surface area contributed by atoms with Crippen LogP contribution in [0, 0.1) is 11.8 Å². The number of nitrogens with one attached hydrogen (secondary N) is 2. The topological polar surface area (TPSA) is 58.2 Å². The molecule has 20 heavy (non-hydrogen) atoms. The van der Waals surface area contributed by atoms with E-state index in [4.69, 9.17) is 0 Å². The Bertz CT molecular complexity index is 355. The second kappa shape index (κ2) is 9.00. The van der Waals surface area contributed by atoms with E-state index >= 15 is 0 Å². The van der Waals surface area contributed by atoms with E-state index in [1.54, 1.807) is 0 Å². The van der Waals surface area contributed by atoms with Crippen LogP contribution in [-0.4, -0.2) is 33.3 Å². The zero-order valence-electron chi connectivity index (χ0n) is 13.3. The van der Waals surface area contributed by atoms with Gasteiger partial charge in [0.2, 0.25) is 10.0 Å². The van der Waals surface area contributed by atoms with Crippen LogP contribution in [0.5, 0.6) is 0 Å². The van der Waals surface area contributed by atoms with Crippen molar-refractivity contribution >= 4 is 10.0 Å². The van der Waals surface area contributed by atoms with E-state index in [1.165, 1.54) is 6.42 Å². The molecule has 0 aromatic rings. The van der Waals surface area contributed by atoms with Crippen LogP contribution in [0.4, 0.5) is 0 Å². The Morgan fingerprint density at radius 3 is 2.50 bits per heavy atom. The van der Waals surface area contributed by atoms with Crippen LogP contribution >= 0.6 is 0 Å². The molecule has 0 aromatic heterocycles. The molecule has 1 aliphatic rings. The van der Waals surface area contributed by atoms with Gasteiger partial charge in [0.25, 0.3) is 0 Å². The monoisotopic (exact) mass is 304 g/mol. The first kappa shape index (κ1) is 17.9. The highest BCUT2D eigenvalue weighted by Crippen LogP contribution is 2.30. The maximum absolute atomic E-state index is 12.2. The Morgan fingerprint density at radius 1 is 1.15 bits per heavy atom. The quantitative estimate of drug-likeness (QED) is 0.644. The van der Waals surface area contributed by atoms with Gasteiger partial charge in [0.05, 0.1) is 5.75 Å². The van der Waals surface area contributed by atoms with Crippen molar-refractivity contribution in [2.45, 2.75) is 65.3 Å². The van der Waals surface area contributed by atoms with Gasteiger partial charge in [0, 0.05) is 6.04 Å². The van der Waals surface area contributed by atoms with Crippen molar-refractivity contribution in [3.63, 3.8) is 0 Å². The van der Waals surface area contributed by atoms with Crippen LogP contribution in [0.15, 0.2) is 0 Å². The Kier molecular flexibility index (Phi) is 8.07. The average Bonchev–Trinajstić information content (AvgIpc) is 2.38. The van der Waals surface area contributed by atoms with Crippen LogP contribution in [0.3, 0.4) is 0 Å². The summed E-state index contributed by atoms with van der Waals surface area (Å²) in [5.74, 6) is 1.29. The van der Waals surface area contributed by atoms with E-state index < -0.39 is 10.0 Å². The van der Waals surface area contributed by atoms with Gasteiger partial charge in [-0.15, -0.1) is 0 Å². The van der Waals surface area contributed by atoms with E-state index in [-0.39, 0.29) is 11.8 Å². The average molecular weight is 304 g/mol. The van der Waals surface area contributed by atoms with Gasteiger partial charge >= 0.3 is 0 Å². The van der Waals surface area contributed by atoms with Gasteiger partial charge in [-0.25, -0.2) is 13.1 Å². The van der Waals surface area contributed by atoms with Crippen molar-refractivity contribution in [3.05, 3.63) is 0 Å². The zero-order valence-corrected chi connectivity index (χ0v) is 14.1. The first-order valence-electron chi connectivity index (χ1n) is 8.17. The third-order valence-electron chi connectivity index (χ3n) is 4.20. The molecule has 0 aromatic carbocycles. The Balaban J connectivity index is 2.39. The van der Waals surface area contributed by atoms with Crippen LogP contribution in [-0.2, 0) is 10.0 Å². The summed E-state index contributed by atoms with van der Waals surface area (Å²) in [7, 11) is -3.12. The first-order chi connectivity index (χ1) is 9.46. The van der Waals surface area contributed by atoms with Gasteiger partial charge in [0.15, 0.2) is 0 Å². The van der Waals surface area contributed by atoms with Crippen molar-refractivity contribution < 1.29 is 8.42 Å². The molecule has 2 atom stereocenters. The fourth-order valence-electron chi connectivity index (χ4n) is 3.08. The normalized spacial score (nSPS) is 24.2. The summed E-state index contributed by atoms with van der Waals surface area (Å²) in [6.07, 6.45) is 6.31. The summed E-state index contributed by atoms with van der Waals surface area (Å²) < 4.78 is 27.3. The molecule has 1 aliphatic carbocycles. The molecule has 2 unspecified atom stereocenters. The Morgan fingerprint density at radius 2 is 1.85 bits per heavy atom. The second-order valence-electron chi connectivity index (χ2n) is 6.34. The lowest BCUT2D eigenvalue weighted by Gasteiger charge is -2.34. The molecule has 4 nitrogen and oxygen atoms in total. The van der Waals surface area contributed by atoms with Gasteiger partial charge in [-0.2, -0.15) is 0 Å². The molecule has 1 saturated carbocycles. The molecule has 120 valence electrons. The van der Waals surface area contributed by atoms with Crippen molar-refractivity contribution in [2.24, 2.45) is 11.8 Å². The Hall–Kier alpha value is -0.130. The molecule has 0 saturated heterocycles. The standard InChI is InChI=1S/C15H32N2O2S/c1-4-10-16-11-7-12-20(18,19)17-15-9-6-5-8-14(15)13(2)3/h13-17H,4-12H2,1-3H3. The molecule has 0 spiro atoms. The minimum absolute atomic E-state index is 0.150. The van der Waals surface area contributed by atoms with Gasteiger partial charge in [0.1, 0.15) is 0 Å². The first-order valence-corrected chi connectivity index (χ1v) is 9.82. The van der Waals surface area contributed by atoms with Crippen LogP contribution in [0.2, 0.25) is 0 Å². The summed E-state index contributed by atoms with van der Waals surface area (Å²) >= 11 is 0. The van der Waals surface area contributed by atoms with Gasteiger partial charge in [-0.05, 0) is 50.6 Å². The van der Waals surface area contributed by atoms with Crippen LogP contribution in [0.1, 0.15) is 59.3 Å². The number of hydrogen-bond donors (Lipinski definition) is 2. The van der Waals surface area contributed by atoms with E-state index in [2.05, 4.69) is 30.8 Å². The van der Waals surface area contributed by atoms with Gasteiger partial charge < -0.3 is 5.32 Å². The lowest BCUT2D eigenvalue weighted by atomic mass is 9.78. The fourth-order valence-corrected chi connectivity index (χ4v) is 4.48. The molecular formula is C15H32N2O2S. The zero-order chi connectivity index (χ0) is 15.0. The molecule has 1 fully saturated rings. The van der Waals surface area contributed by atoms with Crippen molar-refractivity contribution in [1.29, 1.82) is 0 Å². The maximum atomic E-state index is 12.2. The van der Waals surface area contributed by atoms with Gasteiger partial charge in [-0.3, -0.25) is 0 Å². The predicted octanol–water partition coefficient (Wildman–Crippen LogP) is 2.51. The van der Waals surface area contributed by atoms with E-state index in [1.807, 2.05) is 0 Å². The summed E-state index contributed by atoms with van der Waals surface area (Å²) in [6, 6.07) is 0.150. The molecular weight excluding hydrogens is 272 g/mol. The summed E-state index contributed by atoms with van der Waals surface area (Å²) in [6.45, 7) is 8.26. The lowest BCUT2D eigenvalue weighted by molar-refractivity contribution is 0.226. The van der Waals surface area contributed by atoms with E-state index in [9.17, 15) is 8.42 Å². The molecule has 5 heteroatoms. The van der Waals surface area contributed by atoms with Crippen LogP contribution in [0.25, 0.3) is 0 Å². The molecule has 0 aliphatic heterocycles. The highest BCUT2D eigenvalue weighted by Gasteiger charge is 2.30. The lowest BCUT2D eigenvalue weighted by Crippen LogP contribution is -2.44. The van der Waals surface area contributed by atoms with E-state index in [0.717, 1.165) is 38.8 Å². The number of rotatable bonds is 9. The fraction of sp³-hybridized carbons (Fsp3) is 1.00. The highest BCUT2D eigenvalue weighted by molar-refractivity contribution is 7.89. The molecule has 0 amide bonds. The van der Waals surface area contributed by atoms with Crippen molar-refractivity contribution in [2.75, 3.05) is 18.8 Å². The predicted molar refractivity (Wildman–Crippen MR) is 85.3 cm³/mol. The molecule has 0 bridgehead atoms. The summed E-state index contributed by atoms with van der Waals surface area (Å²) in [5, 5.41) is 3.25. The minimum Gasteiger partial charge on any atom is -0.317 e. The minimum atomic E-state index is -3.12. The molecule has 0 radical (unpaired) electrons. The van der Waals surface area contributed by atoms with Crippen molar-refractivity contribution in [3.8, 4) is 0 Å². The SMILES string of the molecule is CCCNCCCS(=O)(=O)NC1CCCCC1C(C)C.